The molecule has 0 spiro atoms. The molecule has 1 unspecified atom stereocenters. The van der Waals surface area contributed by atoms with Crippen LogP contribution in [-0.4, -0.2) is 40.4 Å². The van der Waals surface area contributed by atoms with Crippen LogP contribution in [0.2, 0.25) is 0 Å². The number of hydrogen-bond acceptors (Lipinski definition) is 8. The molecule has 172 valence electrons. The molecule has 1 aromatic heterocycles. The van der Waals surface area contributed by atoms with Gasteiger partial charge in [0.1, 0.15) is 5.69 Å². The van der Waals surface area contributed by atoms with Crippen molar-refractivity contribution in [2.45, 2.75) is 38.8 Å². The molecular weight excluding hydrogens is 408 g/mol. The van der Waals surface area contributed by atoms with Crippen molar-refractivity contribution in [2.75, 3.05) is 34.9 Å². The molecule has 0 bridgehead atoms. The minimum atomic E-state index is -0.609. The van der Waals surface area contributed by atoms with Gasteiger partial charge in [-0.05, 0) is 37.3 Å². The number of rotatable bonds is 12. The fourth-order valence-corrected chi connectivity index (χ4v) is 3.09. The first-order valence-corrected chi connectivity index (χ1v) is 10.5. The van der Waals surface area contributed by atoms with E-state index in [4.69, 9.17) is 16.2 Å². The Morgan fingerprint density at radius 1 is 1.28 bits per heavy atom. The third-order valence-corrected chi connectivity index (χ3v) is 4.68. The van der Waals surface area contributed by atoms with Gasteiger partial charge in [0.15, 0.2) is 11.6 Å². The lowest BCUT2D eigenvalue weighted by Crippen LogP contribution is -2.33. The highest BCUT2D eigenvalue weighted by atomic mass is 16.6. The zero-order valence-electron chi connectivity index (χ0n) is 18.5. The number of nitrogens with one attached hydrogen (secondary N) is 1. The van der Waals surface area contributed by atoms with Crippen molar-refractivity contribution in [1.82, 2.24) is 9.97 Å². The van der Waals surface area contributed by atoms with Gasteiger partial charge in [0.2, 0.25) is 5.95 Å². The van der Waals surface area contributed by atoms with Crippen molar-refractivity contribution < 1.29 is 14.6 Å². The molecule has 2 aromatic rings. The molecule has 1 atom stereocenters. The van der Waals surface area contributed by atoms with Gasteiger partial charge in [-0.3, -0.25) is 4.90 Å². The number of benzene rings is 1. The number of aliphatic hydroxyl groups is 1. The number of allylic oxidation sites excluding steroid dienone is 2. The second kappa shape index (κ2) is 12.3. The summed E-state index contributed by atoms with van der Waals surface area (Å²) >= 11 is 0. The minimum absolute atomic E-state index is 0.0209. The Hall–Kier alpha value is -3.59. The Balaban J connectivity index is 2.42. The summed E-state index contributed by atoms with van der Waals surface area (Å²) in [6.45, 7) is 9.40. The summed E-state index contributed by atoms with van der Waals surface area (Å²) in [6.07, 6.45) is 5.00. The zero-order chi connectivity index (χ0) is 23.5. The van der Waals surface area contributed by atoms with Crippen molar-refractivity contribution in [3.8, 4) is 0 Å². The number of ether oxygens (including phenoxy) is 1. The van der Waals surface area contributed by atoms with Crippen molar-refractivity contribution in [3.05, 3.63) is 60.7 Å². The molecule has 2 rings (SSSR count). The molecule has 0 saturated heterocycles. The van der Waals surface area contributed by atoms with Crippen LogP contribution in [0.5, 0.6) is 0 Å². The van der Waals surface area contributed by atoms with Gasteiger partial charge in [-0.25, -0.2) is 4.79 Å². The van der Waals surface area contributed by atoms with Crippen molar-refractivity contribution >= 4 is 29.4 Å². The first-order valence-electron chi connectivity index (χ1n) is 10.5. The number of nitrogens with zero attached hydrogens (tertiary/aromatic N) is 3. The first-order chi connectivity index (χ1) is 15.4. The van der Waals surface area contributed by atoms with Gasteiger partial charge < -0.3 is 26.6 Å². The highest BCUT2D eigenvalue weighted by molar-refractivity contribution is 5.92. The second-order valence-corrected chi connectivity index (χ2v) is 7.16. The molecule has 1 amide bonds. The number of anilines is 4. The number of amides is 1. The fraction of sp³-hybridized carbons (Fsp3) is 0.348. The molecule has 1 heterocycles. The summed E-state index contributed by atoms with van der Waals surface area (Å²) in [4.78, 5) is 22.7. The van der Waals surface area contributed by atoms with Gasteiger partial charge in [-0.1, -0.05) is 36.4 Å². The maximum atomic E-state index is 12.8. The van der Waals surface area contributed by atoms with Crippen LogP contribution in [0.25, 0.3) is 0 Å². The van der Waals surface area contributed by atoms with E-state index in [9.17, 15) is 9.90 Å². The lowest BCUT2D eigenvalue weighted by atomic mass is 10.1. The summed E-state index contributed by atoms with van der Waals surface area (Å²) in [5.74, 6) is 0.310. The second-order valence-electron chi connectivity index (χ2n) is 7.16. The van der Waals surface area contributed by atoms with Gasteiger partial charge >= 0.3 is 6.09 Å². The fourth-order valence-electron chi connectivity index (χ4n) is 3.09. The molecule has 0 radical (unpaired) electrons. The van der Waals surface area contributed by atoms with E-state index in [1.807, 2.05) is 30.3 Å². The number of aromatic nitrogens is 2. The Morgan fingerprint density at radius 2 is 2.03 bits per heavy atom. The molecule has 0 aliphatic rings. The average Bonchev–Trinajstić information content (AvgIpc) is 2.78. The number of carbonyl (C=O) groups excluding carboxylic acids is 1. The third kappa shape index (κ3) is 6.71. The van der Waals surface area contributed by atoms with Crippen LogP contribution in [0.4, 0.5) is 28.1 Å². The maximum Gasteiger partial charge on any atom is 0.415 e. The van der Waals surface area contributed by atoms with E-state index in [2.05, 4.69) is 28.4 Å². The highest BCUT2D eigenvalue weighted by Crippen LogP contribution is 2.29. The highest BCUT2D eigenvalue weighted by Gasteiger charge is 2.24. The monoisotopic (exact) mass is 440 g/mol. The van der Waals surface area contributed by atoms with Crippen molar-refractivity contribution in [2.24, 2.45) is 0 Å². The standard InChI is InChI=1S/C23H32N6O3/c1-4-7-12-18(15-30)26-22-27-20(25)19(24)21(28-22)29(23(31)32-6-3)14-17-11-8-10-16(13-17)9-5-2/h4-5,8,10-11,13,18,30H,1-2,6-7,9,12,14-15,24H2,3H3,(H3,25,26,27,28). The van der Waals surface area contributed by atoms with Crippen LogP contribution in [0.3, 0.4) is 0 Å². The van der Waals surface area contributed by atoms with Crippen LogP contribution in [0.15, 0.2) is 49.6 Å². The van der Waals surface area contributed by atoms with Gasteiger partial charge in [0, 0.05) is 0 Å². The lowest BCUT2D eigenvalue weighted by Gasteiger charge is -2.24. The van der Waals surface area contributed by atoms with Gasteiger partial charge in [-0.2, -0.15) is 9.97 Å². The summed E-state index contributed by atoms with van der Waals surface area (Å²) in [7, 11) is 0. The van der Waals surface area contributed by atoms with Gasteiger partial charge in [0.05, 0.1) is 25.8 Å². The van der Waals surface area contributed by atoms with Crippen LogP contribution in [0.1, 0.15) is 30.9 Å². The molecule has 32 heavy (non-hydrogen) atoms. The number of aliphatic hydroxyl groups excluding tert-OH is 1. The van der Waals surface area contributed by atoms with Crippen LogP contribution >= 0.6 is 0 Å². The molecule has 9 heteroatoms. The topological polar surface area (TPSA) is 140 Å². The van der Waals surface area contributed by atoms with E-state index in [0.29, 0.717) is 19.3 Å². The normalized spacial score (nSPS) is 11.4. The molecule has 0 aliphatic carbocycles. The van der Waals surface area contributed by atoms with E-state index >= 15 is 0 Å². The molecular formula is C23H32N6O3. The molecule has 0 saturated carbocycles. The Bertz CT molecular complexity index is 934. The molecule has 9 nitrogen and oxygen atoms in total. The maximum absolute atomic E-state index is 12.8. The van der Waals surface area contributed by atoms with E-state index < -0.39 is 6.09 Å². The Kier molecular flexibility index (Phi) is 9.49. The smallest absolute Gasteiger partial charge is 0.415 e. The average molecular weight is 441 g/mol. The number of nitrogens with two attached hydrogens (primary N) is 2. The number of hydrogen-bond donors (Lipinski definition) is 4. The predicted molar refractivity (Wildman–Crippen MR) is 128 cm³/mol. The van der Waals surface area contributed by atoms with E-state index in [1.54, 1.807) is 13.0 Å². The van der Waals surface area contributed by atoms with Gasteiger partial charge in [-0.15, -0.1) is 13.2 Å². The zero-order valence-corrected chi connectivity index (χ0v) is 18.5. The SMILES string of the molecule is C=CCCC(CO)Nc1nc(N)c(N)c(N(Cc2cccc(CC=C)c2)C(=O)OCC)n1. The van der Waals surface area contributed by atoms with Gasteiger partial charge in [0.25, 0.3) is 0 Å². The number of nitrogen functional groups attached to an aromatic ring is 2. The molecule has 0 aliphatic heterocycles. The van der Waals surface area contributed by atoms with E-state index in [-0.39, 0.29) is 49.1 Å². The lowest BCUT2D eigenvalue weighted by molar-refractivity contribution is 0.159. The van der Waals surface area contributed by atoms with Crippen LogP contribution in [0, 0.1) is 0 Å². The Morgan fingerprint density at radius 3 is 2.69 bits per heavy atom. The summed E-state index contributed by atoms with van der Waals surface area (Å²) < 4.78 is 5.24. The molecule has 1 aromatic carbocycles. The third-order valence-electron chi connectivity index (χ3n) is 4.68. The predicted octanol–water partition coefficient (Wildman–Crippen LogP) is 3.27. The van der Waals surface area contributed by atoms with Crippen molar-refractivity contribution in [3.63, 3.8) is 0 Å². The largest absolute Gasteiger partial charge is 0.449 e. The summed E-state index contributed by atoms with van der Waals surface area (Å²) in [5, 5.41) is 12.7. The van der Waals surface area contributed by atoms with E-state index in [1.165, 1.54) is 4.90 Å². The quantitative estimate of drug-likeness (QED) is 0.369. The van der Waals surface area contributed by atoms with Crippen LogP contribution in [-0.2, 0) is 17.7 Å². The Labute approximate surface area is 188 Å². The van der Waals surface area contributed by atoms with Crippen LogP contribution < -0.4 is 21.7 Å². The minimum Gasteiger partial charge on any atom is -0.449 e. The molecule has 6 N–H and O–H groups in total. The van der Waals surface area contributed by atoms with Crippen molar-refractivity contribution in [1.29, 1.82) is 0 Å². The summed E-state index contributed by atoms with van der Waals surface area (Å²) in [6, 6.07) is 7.46. The number of carbonyl (C=O) groups is 1. The first kappa shape index (κ1) is 24.7. The molecule has 0 fully saturated rings. The summed E-state index contributed by atoms with van der Waals surface area (Å²) in [5.41, 5.74) is 14.2. The van der Waals surface area contributed by atoms with E-state index in [0.717, 1.165) is 11.1 Å².